The Balaban J connectivity index is 1.25. The van der Waals surface area contributed by atoms with Crippen LogP contribution in [0.3, 0.4) is 0 Å². The Labute approximate surface area is 195 Å². The molecule has 0 spiro atoms. The topological polar surface area (TPSA) is 41.1 Å². The molecule has 3 aromatic carbocycles. The summed E-state index contributed by atoms with van der Waals surface area (Å²) in [6.45, 7) is 2.01. The van der Waals surface area contributed by atoms with Crippen LogP contribution in [0.25, 0.3) is 17.2 Å². The van der Waals surface area contributed by atoms with Crippen molar-refractivity contribution in [3.63, 3.8) is 0 Å². The Hall–Kier alpha value is -2.88. The maximum Gasteiger partial charge on any atom is 0.248 e. The Morgan fingerprint density at radius 1 is 0.875 bits per heavy atom. The van der Waals surface area contributed by atoms with Gasteiger partial charge in [-0.3, -0.25) is 4.79 Å². The van der Waals surface area contributed by atoms with Crippen molar-refractivity contribution in [2.75, 3.05) is 11.9 Å². The van der Waals surface area contributed by atoms with E-state index in [4.69, 9.17) is 11.6 Å². The molecule has 32 heavy (non-hydrogen) atoms. The summed E-state index contributed by atoms with van der Waals surface area (Å²) in [7, 11) is 0. The van der Waals surface area contributed by atoms with Crippen LogP contribution in [0.15, 0.2) is 78.9 Å². The predicted octanol–water partition coefficient (Wildman–Crippen LogP) is 6.94. The van der Waals surface area contributed by atoms with Gasteiger partial charge in [0, 0.05) is 23.3 Å². The maximum absolute atomic E-state index is 12.3. The first-order chi connectivity index (χ1) is 15.7. The van der Waals surface area contributed by atoms with Gasteiger partial charge in [-0.1, -0.05) is 73.0 Å². The summed E-state index contributed by atoms with van der Waals surface area (Å²) in [5, 5.41) is 7.20. The number of halogens is 1. The minimum absolute atomic E-state index is 0.147. The fourth-order valence-electron chi connectivity index (χ4n) is 4.13. The lowest BCUT2D eigenvalue weighted by atomic mass is 10.1. The van der Waals surface area contributed by atoms with Gasteiger partial charge in [-0.05, 0) is 77.9 Å². The highest BCUT2D eigenvalue weighted by atomic mass is 35.5. The zero-order valence-corrected chi connectivity index (χ0v) is 18.9. The molecule has 0 aliphatic heterocycles. The van der Waals surface area contributed by atoms with Gasteiger partial charge in [0.25, 0.3) is 0 Å². The van der Waals surface area contributed by atoms with Crippen LogP contribution in [0, 0.1) is 5.92 Å². The van der Waals surface area contributed by atoms with E-state index in [0.29, 0.717) is 0 Å². The molecule has 3 aromatic rings. The second kappa shape index (κ2) is 11.1. The molecule has 4 heteroatoms. The standard InChI is InChI=1S/C28H29ClN2O/c29-26-14-10-24(11-15-26)25-12-16-27(17-13-25)31-28(32)18-9-21-5-7-23(8-6-21)20-30-19-22-3-1-2-4-22/h5-18,22,30H,1-4,19-20H2,(H,31,32)/b18-9+. The van der Waals surface area contributed by atoms with Crippen LogP contribution in [0.5, 0.6) is 0 Å². The Morgan fingerprint density at radius 3 is 2.16 bits per heavy atom. The smallest absolute Gasteiger partial charge is 0.248 e. The van der Waals surface area contributed by atoms with Crippen molar-refractivity contribution in [3.8, 4) is 11.1 Å². The minimum Gasteiger partial charge on any atom is -0.323 e. The van der Waals surface area contributed by atoms with Crippen molar-refractivity contribution in [2.24, 2.45) is 5.92 Å². The molecular formula is C28H29ClN2O. The third-order valence-corrected chi connectivity index (χ3v) is 6.23. The van der Waals surface area contributed by atoms with E-state index in [1.165, 1.54) is 31.2 Å². The molecule has 3 nitrogen and oxygen atoms in total. The molecule has 1 aliphatic carbocycles. The number of hydrogen-bond donors (Lipinski definition) is 2. The first-order valence-electron chi connectivity index (χ1n) is 11.3. The molecule has 0 unspecified atom stereocenters. The van der Waals surface area contributed by atoms with E-state index in [9.17, 15) is 4.79 Å². The summed E-state index contributed by atoms with van der Waals surface area (Å²) in [6.07, 6.45) is 8.91. The summed E-state index contributed by atoms with van der Waals surface area (Å²) in [5.41, 5.74) is 5.21. The highest BCUT2D eigenvalue weighted by Gasteiger charge is 2.13. The van der Waals surface area contributed by atoms with Crippen LogP contribution < -0.4 is 10.6 Å². The van der Waals surface area contributed by atoms with Crippen molar-refractivity contribution in [2.45, 2.75) is 32.2 Å². The predicted molar refractivity (Wildman–Crippen MR) is 135 cm³/mol. The summed E-state index contributed by atoms with van der Waals surface area (Å²) >= 11 is 5.95. The van der Waals surface area contributed by atoms with E-state index < -0.39 is 0 Å². The van der Waals surface area contributed by atoms with Crippen molar-refractivity contribution in [1.82, 2.24) is 5.32 Å². The number of anilines is 1. The second-order valence-corrected chi connectivity index (χ2v) is 8.87. The van der Waals surface area contributed by atoms with Crippen LogP contribution in [0.2, 0.25) is 5.02 Å². The van der Waals surface area contributed by atoms with Crippen LogP contribution in [0.1, 0.15) is 36.8 Å². The van der Waals surface area contributed by atoms with E-state index in [0.717, 1.165) is 46.4 Å². The average molecular weight is 445 g/mol. The highest BCUT2D eigenvalue weighted by molar-refractivity contribution is 6.30. The first-order valence-corrected chi connectivity index (χ1v) is 11.7. The Morgan fingerprint density at radius 2 is 1.50 bits per heavy atom. The summed E-state index contributed by atoms with van der Waals surface area (Å²) in [5.74, 6) is 0.705. The summed E-state index contributed by atoms with van der Waals surface area (Å²) in [4.78, 5) is 12.3. The number of rotatable bonds is 8. The maximum atomic E-state index is 12.3. The number of nitrogens with one attached hydrogen (secondary N) is 2. The molecule has 0 bridgehead atoms. The van der Waals surface area contributed by atoms with Gasteiger partial charge in [0.2, 0.25) is 5.91 Å². The molecule has 0 radical (unpaired) electrons. The molecular weight excluding hydrogens is 416 g/mol. The van der Waals surface area contributed by atoms with Crippen molar-refractivity contribution >= 4 is 29.3 Å². The first kappa shape index (κ1) is 22.3. The summed E-state index contributed by atoms with van der Waals surface area (Å²) in [6, 6.07) is 23.8. The molecule has 1 aliphatic rings. The third kappa shape index (κ3) is 6.56. The molecule has 0 saturated heterocycles. The van der Waals surface area contributed by atoms with E-state index in [1.807, 2.05) is 54.6 Å². The number of carbonyl (C=O) groups is 1. The highest BCUT2D eigenvalue weighted by Crippen LogP contribution is 2.24. The number of carbonyl (C=O) groups excluding carboxylic acids is 1. The molecule has 4 rings (SSSR count). The number of hydrogen-bond acceptors (Lipinski definition) is 2. The van der Waals surface area contributed by atoms with E-state index in [-0.39, 0.29) is 5.91 Å². The van der Waals surface area contributed by atoms with Crippen molar-refractivity contribution < 1.29 is 4.79 Å². The zero-order chi connectivity index (χ0) is 22.2. The van der Waals surface area contributed by atoms with Crippen molar-refractivity contribution in [1.29, 1.82) is 0 Å². The Bertz CT molecular complexity index is 1030. The van der Waals surface area contributed by atoms with E-state index in [1.54, 1.807) is 6.08 Å². The SMILES string of the molecule is O=C(/C=C/c1ccc(CNCC2CCCC2)cc1)Nc1ccc(-c2ccc(Cl)cc2)cc1. The lowest BCUT2D eigenvalue weighted by Gasteiger charge is -2.10. The summed E-state index contributed by atoms with van der Waals surface area (Å²) < 4.78 is 0. The monoisotopic (exact) mass is 444 g/mol. The molecule has 1 saturated carbocycles. The van der Waals surface area contributed by atoms with Crippen LogP contribution in [-0.2, 0) is 11.3 Å². The molecule has 1 fully saturated rings. The number of benzene rings is 3. The van der Waals surface area contributed by atoms with Gasteiger partial charge in [0.05, 0.1) is 0 Å². The normalized spacial score (nSPS) is 14.2. The van der Waals surface area contributed by atoms with Crippen LogP contribution >= 0.6 is 11.6 Å². The molecule has 2 N–H and O–H groups in total. The average Bonchev–Trinajstić information content (AvgIpc) is 3.33. The van der Waals surface area contributed by atoms with Gasteiger partial charge >= 0.3 is 0 Å². The zero-order valence-electron chi connectivity index (χ0n) is 18.2. The van der Waals surface area contributed by atoms with E-state index in [2.05, 4.69) is 34.9 Å². The fourth-order valence-corrected chi connectivity index (χ4v) is 4.25. The van der Waals surface area contributed by atoms with Gasteiger partial charge < -0.3 is 10.6 Å². The van der Waals surface area contributed by atoms with Crippen LogP contribution in [0.4, 0.5) is 5.69 Å². The minimum atomic E-state index is -0.147. The Kier molecular flexibility index (Phi) is 7.76. The number of amides is 1. The van der Waals surface area contributed by atoms with Gasteiger partial charge in [-0.2, -0.15) is 0 Å². The van der Waals surface area contributed by atoms with E-state index >= 15 is 0 Å². The lowest BCUT2D eigenvalue weighted by Crippen LogP contribution is -2.20. The molecule has 164 valence electrons. The van der Waals surface area contributed by atoms with Crippen molar-refractivity contribution in [3.05, 3.63) is 95.0 Å². The largest absolute Gasteiger partial charge is 0.323 e. The third-order valence-electron chi connectivity index (χ3n) is 5.97. The van der Waals surface area contributed by atoms with Gasteiger partial charge in [0.1, 0.15) is 0 Å². The quantitative estimate of drug-likeness (QED) is 0.369. The van der Waals surface area contributed by atoms with Gasteiger partial charge in [0.15, 0.2) is 0 Å². The second-order valence-electron chi connectivity index (χ2n) is 8.43. The fraction of sp³-hybridized carbons (Fsp3) is 0.250. The van der Waals surface area contributed by atoms with Gasteiger partial charge in [-0.25, -0.2) is 0 Å². The molecule has 0 aromatic heterocycles. The lowest BCUT2D eigenvalue weighted by molar-refractivity contribution is -0.111. The van der Waals surface area contributed by atoms with Gasteiger partial charge in [-0.15, -0.1) is 0 Å². The van der Waals surface area contributed by atoms with Crippen LogP contribution in [-0.4, -0.2) is 12.5 Å². The molecule has 1 amide bonds. The molecule has 0 atom stereocenters. The molecule has 0 heterocycles.